The Bertz CT molecular complexity index is 1070. The number of H-pyrrole nitrogens is 1. The van der Waals surface area contributed by atoms with Crippen molar-refractivity contribution in [3.8, 4) is 0 Å². The van der Waals surface area contributed by atoms with E-state index in [0.717, 1.165) is 28.1 Å². The molecule has 1 aromatic carbocycles. The fourth-order valence-electron chi connectivity index (χ4n) is 3.28. The van der Waals surface area contributed by atoms with Crippen molar-refractivity contribution in [1.82, 2.24) is 25.0 Å². The van der Waals surface area contributed by atoms with Crippen LogP contribution in [-0.4, -0.2) is 25.0 Å². The molecule has 0 spiro atoms. The molecule has 2 N–H and O–H groups in total. The summed E-state index contributed by atoms with van der Waals surface area (Å²) in [6.45, 7) is 2.29. The summed E-state index contributed by atoms with van der Waals surface area (Å²) >= 11 is 0. The van der Waals surface area contributed by atoms with Crippen LogP contribution in [0.2, 0.25) is 0 Å². The molecule has 1 fully saturated rings. The first-order valence-electron chi connectivity index (χ1n) is 8.17. The third-order valence-corrected chi connectivity index (χ3v) is 5.01. The van der Waals surface area contributed by atoms with E-state index in [4.69, 9.17) is 5.10 Å². The molecule has 120 valence electrons. The van der Waals surface area contributed by atoms with Crippen LogP contribution in [0.25, 0.3) is 21.9 Å². The second-order valence-electron chi connectivity index (χ2n) is 6.86. The number of nitrogens with zero attached hydrogens (tertiary/aromatic N) is 4. The van der Waals surface area contributed by atoms with E-state index in [1.807, 2.05) is 23.9 Å². The smallest absolute Gasteiger partial charge is 0.178 e. The van der Waals surface area contributed by atoms with Crippen LogP contribution >= 0.6 is 0 Å². The lowest BCUT2D eigenvalue weighted by Crippen LogP contribution is -2.02. The van der Waals surface area contributed by atoms with Crippen molar-refractivity contribution in [1.29, 1.82) is 0 Å². The number of pyridine rings is 1. The molecule has 3 heterocycles. The van der Waals surface area contributed by atoms with Gasteiger partial charge in [-0.25, -0.2) is 0 Å². The molecule has 24 heavy (non-hydrogen) atoms. The first-order valence-corrected chi connectivity index (χ1v) is 8.17. The molecule has 6 nitrogen and oxygen atoms in total. The first-order chi connectivity index (χ1) is 11.6. The van der Waals surface area contributed by atoms with E-state index in [0.29, 0.717) is 0 Å². The number of hydrogen-bond acceptors (Lipinski definition) is 4. The molecule has 1 aliphatic rings. The van der Waals surface area contributed by atoms with Gasteiger partial charge in [-0.15, -0.1) is 0 Å². The predicted molar refractivity (Wildman–Crippen MR) is 94.5 cm³/mol. The summed E-state index contributed by atoms with van der Waals surface area (Å²) in [6.07, 6.45) is 4.23. The van der Waals surface area contributed by atoms with Gasteiger partial charge < -0.3 is 5.32 Å². The van der Waals surface area contributed by atoms with E-state index in [1.165, 1.54) is 23.9 Å². The van der Waals surface area contributed by atoms with Crippen LogP contribution in [0.3, 0.4) is 0 Å². The van der Waals surface area contributed by atoms with Crippen molar-refractivity contribution in [2.24, 2.45) is 7.05 Å². The summed E-state index contributed by atoms with van der Waals surface area (Å²) in [6, 6.07) is 10.2. The third kappa shape index (κ3) is 1.92. The molecule has 4 aromatic rings. The minimum absolute atomic E-state index is 0.261. The zero-order valence-electron chi connectivity index (χ0n) is 13.7. The number of rotatable bonds is 3. The number of anilines is 2. The molecule has 0 radical (unpaired) electrons. The van der Waals surface area contributed by atoms with Gasteiger partial charge in [0.2, 0.25) is 0 Å². The van der Waals surface area contributed by atoms with Gasteiger partial charge in [0.15, 0.2) is 5.82 Å². The third-order valence-electron chi connectivity index (χ3n) is 5.01. The molecular weight excluding hydrogens is 300 g/mol. The summed E-state index contributed by atoms with van der Waals surface area (Å²) in [5.41, 5.74) is 5.36. The van der Waals surface area contributed by atoms with E-state index >= 15 is 0 Å². The Labute approximate surface area is 138 Å². The number of aromatic nitrogens is 5. The molecule has 0 bridgehead atoms. The zero-order valence-corrected chi connectivity index (χ0v) is 13.7. The SMILES string of the molecule is Cn1nc(C2(C)CC2)c2ccc(Nc3n[nH]c4cccnc34)cc21. The average molecular weight is 318 g/mol. The largest absolute Gasteiger partial charge is 0.337 e. The Kier molecular flexibility index (Phi) is 2.58. The van der Waals surface area contributed by atoms with E-state index in [9.17, 15) is 0 Å². The second kappa shape index (κ2) is 4.56. The number of aryl methyl sites for hydroxylation is 1. The standard InChI is InChI=1S/C18H18N6/c1-18(7-8-18)16-12-6-5-11(10-14(12)24(2)23-16)20-17-15-13(21-22-17)4-3-9-19-15/h3-6,9-10H,7-8H2,1-2H3,(H2,20,21,22). The quantitative estimate of drug-likeness (QED) is 0.605. The molecule has 1 saturated carbocycles. The van der Waals surface area contributed by atoms with Crippen LogP contribution < -0.4 is 5.32 Å². The van der Waals surface area contributed by atoms with Crippen molar-refractivity contribution in [3.05, 3.63) is 42.2 Å². The van der Waals surface area contributed by atoms with Gasteiger partial charge >= 0.3 is 0 Å². The van der Waals surface area contributed by atoms with Crippen molar-refractivity contribution in [2.45, 2.75) is 25.2 Å². The second-order valence-corrected chi connectivity index (χ2v) is 6.86. The van der Waals surface area contributed by atoms with Crippen LogP contribution in [0.15, 0.2) is 36.5 Å². The molecule has 0 aliphatic heterocycles. The van der Waals surface area contributed by atoms with Gasteiger partial charge in [0.05, 0.1) is 16.7 Å². The number of hydrogen-bond donors (Lipinski definition) is 2. The molecule has 0 atom stereocenters. The number of aromatic amines is 1. The van der Waals surface area contributed by atoms with E-state index in [-0.39, 0.29) is 5.41 Å². The van der Waals surface area contributed by atoms with E-state index in [1.54, 1.807) is 6.20 Å². The Morgan fingerprint density at radius 2 is 2.12 bits per heavy atom. The monoisotopic (exact) mass is 318 g/mol. The maximum atomic E-state index is 4.77. The molecule has 3 aromatic heterocycles. The normalized spacial score (nSPS) is 15.9. The number of nitrogens with one attached hydrogen (secondary N) is 2. The summed E-state index contributed by atoms with van der Waals surface area (Å²) in [4.78, 5) is 4.39. The minimum Gasteiger partial charge on any atom is -0.337 e. The molecule has 0 unspecified atom stereocenters. The molecule has 6 heteroatoms. The van der Waals surface area contributed by atoms with E-state index in [2.05, 4.69) is 45.6 Å². The van der Waals surface area contributed by atoms with Gasteiger partial charge in [0.25, 0.3) is 0 Å². The molecule has 0 amide bonds. The van der Waals surface area contributed by atoms with E-state index < -0.39 is 0 Å². The maximum absolute atomic E-state index is 4.77. The maximum Gasteiger partial charge on any atom is 0.178 e. The highest BCUT2D eigenvalue weighted by Crippen LogP contribution is 2.49. The lowest BCUT2D eigenvalue weighted by molar-refractivity contribution is 0.693. The van der Waals surface area contributed by atoms with Crippen LogP contribution in [0.1, 0.15) is 25.5 Å². The fourth-order valence-corrected chi connectivity index (χ4v) is 3.28. The highest BCUT2D eigenvalue weighted by atomic mass is 15.3. The topological polar surface area (TPSA) is 71.4 Å². The van der Waals surface area contributed by atoms with Crippen LogP contribution in [-0.2, 0) is 12.5 Å². The predicted octanol–water partition coefficient (Wildman–Crippen LogP) is 3.64. The zero-order chi connectivity index (χ0) is 16.3. The van der Waals surface area contributed by atoms with Gasteiger partial charge in [0.1, 0.15) is 5.52 Å². The molecule has 5 rings (SSSR count). The van der Waals surface area contributed by atoms with Crippen molar-refractivity contribution >= 4 is 33.4 Å². The average Bonchev–Trinajstić information content (AvgIpc) is 3.08. The summed E-state index contributed by atoms with van der Waals surface area (Å²) in [5.74, 6) is 0.737. The Hall–Kier alpha value is -2.89. The minimum atomic E-state index is 0.261. The Morgan fingerprint density at radius 3 is 2.96 bits per heavy atom. The summed E-state index contributed by atoms with van der Waals surface area (Å²) in [7, 11) is 2.01. The van der Waals surface area contributed by atoms with Gasteiger partial charge in [0, 0.05) is 29.7 Å². The summed E-state index contributed by atoms with van der Waals surface area (Å²) in [5, 5.41) is 16.7. The molecular formula is C18H18N6. The van der Waals surface area contributed by atoms with Gasteiger partial charge in [-0.05, 0) is 43.2 Å². The van der Waals surface area contributed by atoms with Crippen molar-refractivity contribution < 1.29 is 0 Å². The van der Waals surface area contributed by atoms with Crippen molar-refractivity contribution in [2.75, 3.05) is 5.32 Å². The lowest BCUT2D eigenvalue weighted by Gasteiger charge is -2.06. The van der Waals surface area contributed by atoms with Crippen LogP contribution in [0, 0.1) is 0 Å². The first kappa shape index (κ1) is 13.5. The molecule has 0 saturated heterocycles. The van der Waals surface area contributed by atoms with Crippen LogP contribution in [0.5, 0.6) is 0 Å². The van der Waals surface area contributed by atoms with Gasteiger partial charge in [-0.2, -0.15) is 10.2 Å². The fraction of sp³-hybridized carbons (Fsp3) is 0.278. The van der Waals surface area contributed by atoms with Crippen molar-refractivity contribution in [3.63, 3.8) is 0 Å². The Balaban J connectivity index is 1.57. The molecule has 1 aliphatic carbocycles. The lowest BCUT2D eigenvalue weighted by atomic mass is 10.0. The summed E-state index contributed by atoms with van der Waals surface area (Å²) < 4.78 is 1.97. The van der Waals surface area contributed by atoms with Gasteiger partial charge in [-0.1, -0.05) is 6.92 Å². The highest BCUT2D eigenvalue weighted by molar-refractivity contribution is 5.90. The van der Waals surface area contributed by atoms with Gasteiger partial charge in [-0.3, -0.25) is 14.8 Å². The number of benzene rings is 1. The Morgan fingerprint density at radius 1 is 1.25 bits per heavy atom. The highest BCUT2D eigenvalue weighted by Gasteiger charge is 2.42. The number of fused-ring (bicyclic) bond motifs is 2. The van der Waals surface area contributed by atoms with Crippen LogP contribution in [0.4, 0.5) is 11.5 Å².